The van der Waals surface area contributed by atoms with Crippen LogP contribution in [0.2, 0.25) is 0 Å². The van der Waals surface area contributed by atoms with Crippen molar-refractivity contribution in [2.75, 3.05) is 0 Å². The van der Waals surface area contributed by atoms with E-state index in [0.717, 1.165) is 0 Å². The van der Waals surface area contributed by atoms with E-state index in [1.807, 2.05) is 11.3 Å². The summed E-state index contributed by atoms with van der Waals surface area (Å²) in [5, 5.41) is 5.38. The largest absolute Gasteiger partial charge is 0.309 e. The number of aryl methyl sites for hydroxylation is 5. The van der Waals surface area contributed by atoms with Crippen LogP contribution < -0.4 is 32.8 Å². The molecule has 1 aliphatic heterocycles. The number of hydrogen-bond acceptors (Lipinski definition) is 1. The number of nitrogens with zero attached hydrogens (tertiary/aromatic N) is 1. The molecule has 0 saturated carbocycles. The van der Waals surface area contributed by atoms with Crippen LogP contribution in [0, 0.1) is 34.6 Å². The van der Waals surface area contributed by atoms with Crippen LogP contribution in [0.3, 0.4) is 0 Å². The minimum atomic E-state index is 0.156. The third-order valence-electron chi connectivity index (χ3n) is 11.6. The Labute approximate surface area is 304 Å². The van der Waals surface area contributed by atoms with Gasteiger partial charge in [-0.15, -0.1) is 11.3 Å². The fraction of sp³-hybridized carbons (Fsp3) is 0.106. The lowest BCUT2D eigenvalue weighted by Gasteiger charge is -2.34. The number of benzene rings is 7. The predicted molar refractivity (Wildman–Crippen MR) is 226 cm³/mol. The van der Waals surface area contributed by atoms with Crippen LogP contribution in [-0.2, 0) is 0 Å². The molecule has 0 amide bonds. The van der Waals surface area contributed by atoms with E-state index in [4.69, 9.17) is 0 Å². The summed E-state index contributed by atoms with van der Waals surface area (Å²) in [6.45, 7) is 11.8. The molecule has 3 heterocycles. The molecule has 0 radical (unpaired) electrons. The van der Waals surface area contributed by atoms with Crippen molar-refractivity contribution in [3.63, 3.8) is 0 Å². The Morgan fingerprint density at radius 2 is 0.922 bits per heavy atom. The predicted octanol–water partition coefficient (Wildman–Crippen LogP) is 8.04. The second-order valence-corrected chi connectivity index (χ2v) is 15.8. The number of rotatable bonds is 3. The lowest BCUT2D eigenvalue weighted by atomic mass is 9.20. The fourth-order valence-electron chi connectivity index (χ4n) is 9.77. The number of hydrogen-bond donors (Lipinski definition) is 0. The van der Waals surface area contributed by atoms with Gasteiger partial charge in [-0.2, -0.15) is 0 Å². The lowest BCUT2D eigenvalue weighted by Crippen LogP contribution is -2.75. The first-order valence-electron chi connectivity index (χ1n) is 18.1. The molecule has 4 heteroatoms. The highest BCUT2D eigenvalue weighted by atomic mass is 32.1. The summed E-state index contributed by atoms with van der Waals surface area (Å²) in [7, 11) is 0. The van der Waals surface area contributed by atoms with Crippen molar-refractivity contribution in [3.05, 3.63) is 161 Å². The van der Waals surface area contributed by atoms with E-state index >= 15 is 0 Å². The highest BCUT2D eigenvalue weighted by molar-refractivity contribution is 7.26. The molecule has 242 valence electrons. The van der Waals surface area contributed by atoms with Crippen molar-refractivity contribution in [1.29, 1.82) is 0 Å². The lowest BCUT2D eigenvalue weighted by molar-refractivity contribution is 1.17. The molecule has 9 aromatic rings. The number of thiophene rings is 1. The average molecular weight is 670 g/mol. The Bertz CT molecular complexity index is 2800. The topological polar surface area (TPSA) is 4.93 Å². The quantitative estimate of drug-likeness (QED) is 0.168. The number of fused-ring (bicyclic) bond motifs is 9. The van der Waals surface area contributed by atoms with Gasteiger partial charge in [0.15, 0.2) is 0 Å². The summed E-state index contributed by atoms with van der Waals surface area (Å²) < 4.78 is 5.19. The van der Waals surface area contributed by atoms with Gasteiger partial charge in [0, 0.05) is 36.6 Å². The van der Waals surface area contributed by atoms with Crippen LogP contribution in [0.5, 0.6) is 0 Å². The van der Waals surface area contributed by atoms with Gasteiger partial charge in [0.05, 0.1) is 11.0 Å². The van der Waals surface area contributed by atoms with E-state index in [0.29, 0.717) is 0 Å². The first kappa shape index (κ1) is 30.5. The van der Waals surface area contributed by atoms with Gasteiger partial charge in [-0.3, -0.25) is 0 Å². The van der Waals surface area contributed by atoms with Crippen LogP contribution in [0.1, 0.15) is 27.8 Å². The van der Waals surface area contributed by atoms with Gasteiger partial charge in [0.25, 0.3) is 0 Å². The number of para-hydroxylation sites is 1. The molecule has 51 heavy (non-hydrogen) atoms. The Hall–Kier alpha value is -5.31. The molecule has 0 atom stereocenters. The summed E-state index contributed by atoms with van der Waals surface area (Å²) in [5.74, 6) is 0. The van der Waals surface area contributed by atoms with Crippen LogP contribution in [0.25, 0.3) is 47.7 Å². The molecule has 0 aliphatic carbocycles. The maximum Gasteiger partial charge on any atom is 0.240 e. The Morgan fingerprint density at radius 3 is 1.51 bits per heavy atom. The monoisotopic (exact) mass is 669 g/mol. The van der Waals surface area contributed by atoms with Gasteiger partial charge in [-0.25, -0.2) is 0 Å². The van der Waals surface area contributed by atoms with Crippen LogP contribution >= 0.6 is 11.3 Å². The van der Waals surface area contributed by atoms with E-state index in [-0.39, 0.29) is 13.4 Å². The highest BCUT2D eigenvalue weighted by Crippen LogP contribution is 2.43. The molecule has 0 saturated heterocycles. The maximum atomic E-state index is 2.50. The summed E-state index contributed by atoms with van der Waals surface area (Å²) in [5.41, 5.74) is 19.0. The van der Waals surface area contributed by atoms with Gasteiger partial charge in [-0.1, -0.05) is 158 Å². The van der Waals surface area contributed by atoms with Crippen molar-refractivity contribution in [2.24, 2.45) is 0 Å². The summed E-state index contributed by atoms with van der Waals surface area (Å²) >= 11 is 1.89. The fourth-order valence-corrected chi connectivity index (χ4v) is 10.9. The second-order valence-electron chi connectivity index (χ2n) is 14.7. The smallest absolute Gasteiger partial charge is 0.240 e. The first-order chi connectivity index (χ1) is 24.9. The standard InChI is InChI=1S/C47H37B2NS/c1-28-24-29(2)46(30(3)25-28)48-36-16-8-10-18-38(36)49(39-19-11-9-17-37(39)48)47-31(4)26-33(27-32(47)5)50-40-20-12-6-14-34(40)44-41(50)22-23-43-45(44)35-15-7-13-21-42(35)51-43/h6-27H,1-5H3. The molecule has 0 spiro atoms. The third-order valence-corrected chi connectivity index (χ3v) is 12.7. The van der Waals surface area contributed by atoms with Crippen molar-refractivity contribution >= 4 is 99.5 Å². The molecular weight excluding hydrogens is 632 g/mol. The molecule has 0 bridgehead atoms. The summed E-state index contributed by atoms with van der Waals surface area (Å²) in [6, 6.07) is 50.5. The average Bonchev–Trinajstić information content (AvgIpc) is 3.67. The highest BCUT2D eigenvalue weighted by Gasteiger charge is 2.40. The van der Waals surface area contributed by atoms with Gasteiger partial charge < -0.3 is 4.57 Å². The zero-order chi connectivity index (χ0) is 34.5. The van der Waals surface area contributed by atoms with E-state index in [2.05, 4.69) is 173 Å². The van der Waals surface area contributed by atoms with E-state index in [1.165, 1.54) is 108 Å². The van der Waals surface area contributed by atoms with Crippen LogP contribution in [0.15, 0.2) is 133 Å². The molecule has 0 fully saturated rings. The SMILES string of the molecule is Cc1cc(C)c(B2c3ccccc3B(c3c(C)cc(-n4c5ccccc5c5c6c(ccc54)sc4ccccc46)cc3C)c3ccccc32)c(C)c1. The third kappa shape index (κ3) is 4.42. The zero-order valence-electron chi connectivity index (χ0n) is 29.7. The van der Waals surface area contributed by atoms with Crippen LogP contribution in [-0.4, -0.2) is 18.0 Å². The zero-order valence-corrected chi connectivity index (χ0v) is 30.5. The van der Waals surface area contributed by atoms with E-state index in [9.17, 15) is 0 Å². The van der Waals surface area contributed by atoms with Crippen LogP contribution in [0.4, 0.5) is 0 Å². The summed E-state index contributed by atoms with van der Waals surface area (Å²) in [6.07, 6.45) is 0. The molecular formula is C47H37B2NS. The van der Waals surface area contributed by atoms with Gasteiger partial charge >= 0.3 is 0 Å². The normalized spacial score (nSPS) is 12.7. The molecule has 10 rings (SSSR count). The maximum absolute atomic E-state index is 2.50. The molecule has 7 aromatic carbocycles. The molecule has 0 unspecified atom stereocenters. The molecule has 0 N–H and O–H groups in total. The molecule has 1 aliphatic rings. The van der Waals surface area contributed by atoms with Gasteiger partial charge in [0.2, 0.25) is 13.4 Å². The Kier molecular flexibility index (Phi) is 6.79. The second kappa shape index (κ2) is 11.4. The van der Waals surface area contributed by atoms with Crippen molar-refractivity contribution in [2.45, 2.75) is 34.6 Å². The van der Waals surface area contributed by atoms with Crippen molar-refractivity contribution in [3.8, 4) is 5.69 Å². The Balaban J connectivity index is 1.20. The Morgan fingerprint density at radius 1 is 0.431 bits per heavy atom. The van der Waals surface area contributed by atoms with Gasteiger partial charge in [-0.05, 0) is 71.0 Å². The summed E-state index contributed by atoms with van der Waals surface area (Å²) in [4.78, 5) is 0. The minimum Gasteiger partial charge on any atom is -0.309 e. The van der Waals surface area contributed by atoms with E-state index < -0.39 is 0 Å². The van der Waals surface area contributed by atoms with Crippen molar-refractivity contribution in [1.82, 2.24) is 4.57 Å². The molecule has 2 aromatic heterocycles. The molecule has 1 nitrogen and oxygen atoms in total. The minimum absolute atomic E-state index is 0.156. The first-order valence-corrected chi connectivity index (χ1v) is 18.9. The number of aromatic nitrogens is 1. The van der Waals surface area contributed by atoms with E-state index in [1.54, 1.807) is 0 Å². The van der Waals surface area contributed by atoms with Gasteiger partial charge in [0.1, 0.15) is 0 Å². The van der Waals surface area contributed by atoms with Crippen molar-refractivity contribution < 1.29 is 0 Å².